The van der Waals surface area contributed by atoms with Gasteiger partial charge in [-0.3, -0.25) is 4.79 Å². The largest absolute Gasteiger partial charge is 0.507 e. The number of unbranched alkanes of at least 4 members (excludes halogenated alkanes) is 1. The fourth-order valence-corrected chi connectivity index (χ4v) is 1.37. The van der Waals surface area contributed by atoms with Crippen LogP contribution in [0.3, 0.4) is 0 Å². The summed E-state index contributed by atoms with van der Waals surface area (Å²) >= 11 is 0. The molecule has 0 fully saturated rings. The summed E-state index contributed by atoms with van der Waals surface area (Å²) in [7, 11) is 0. The minimum absolute atomic E-state index is 0.00902. The number of nitrogens with one attached hydrogen (secondary N) is 1. The number of phenols is 1. The molecular formula is C12H17NO3. The van der Waals surface area contributed by atoms with E-state index in [1.165, 1.54) is 6.07 Å². The second-order valence-electron chi connectivity index (χ2n) is 3.71. The van der Waals surface area contributed by atoms with Crippen LogP contribution in [0.4, 0.5) is 0 Å². The summed E-state index contributed by atoms with van der Waals surface area (Å²) in [5.74, 6) is -0.288. The first kappa shape index (κ1) is 12.5. The van der Waals surface area contributed by atoms with E-state index in [-0.39, 0.29) is 18.3 Å². The van der Waals surface area contributed by atoms with Gasteiger partial charge < -0.3 is 15.5 Å². The fraction of sp³-hybridized carbons (Fsp3) is 0.417. The molecule has 0 atom stereocenters. The lowest BCUT2D eigenvalue weighted by atomic mass is 10.1. The number of amides is 1. The van der Waals surface area contributed by atoms with Gasteiger partial charge in [-0.15, -0.1) is 0 Å². The van der Waals surface area contributed by atoms with Crippen LogP contribution in [0.2, 0.25) is 0 Å². The van der Waals surface area contributed by atoms with E-state index in [1.807, 2.05) is 6.92 Å². The molecule has 3 N–H and O–H groups in total. The zero-order valence-corrected chi connectivity index (χ0v) is 9.36. The standard InChI is InChI=1S/C12H17NO3/c1-9-4-5-11(15)10(8-9)12(16)13-6-2-3-7-14/h4-5,8,14-15H,2-3,6-7H2,1H3,(H,13,16). The molecule has 0 spiro atoms. The molecule has 0 aromatic heterocycles. The molecule has 1 rings (SSSR count). The van der Waals surface area contributed by atoms with Crippen LogP contribution in [0.25, 0.3) is 0 Å². The molecule has 1 aromatic rings. The van der Waals surface area contributed by atoms with Gasteiger partial charge in [-0.05, 0) is 31.9 Å². The van der Waals surface area contributed by atoms with Crippen molar-refractivity contribution in [2.75, 3.05) is 13.2 Å². The lowest BCUT2D eigenvalue weighted by Gasteiger charge is -2.07. The first-order valence-corrected chi connectivity index (χ1v) is 5.34. The average Bonchev–Trinajstić information content (AvgIpc) is 2.27. The third kappa shape index (κ3) is 3.55. The van der Waals surface area contributed by atoms with Crippen LogP contribution in [-0.2, 0) is 0 Å². The highest BCUT2D eigenvalue weighted by Crippen LogP contribution is 2.17. The normalized spacial score (nSPS) is 10.1. The van der Waals surface area contributed by atoms with Crippen molar-refractivity contribution in [3.05, 3.63) is 29.3 Å². The van der Waals surface area contributed by atoms with Crippen LogP contribution in [0.5, 0.6) is 5.75 Å². The number of hydrogen-bond donors (Lipinski definition) is 3. The van der Waals surface area contributed by atoms with Crippen LogP contribution in [0, 0.1) is 6.92 Å². The molecule has 1 amide bonds. The number of aryl methyl sites for hydroxylation is 1. The van der Waals surface area contributed by atoms with Crippen LogP contribution >= 0.6 is 0 Å². The SMILES string of the molecule is Cc1ccc(O)c(C(=O)NCCCCO)c1. The quantitative estimate of drug-likeness (QED) is 0.657. The van der Waals surface area contributed by atoms with Crippen molar-refractivity contribution >= 4 is 5.91 Å². The maximum Gasteiger partial charge on any atom is 0.255 e. The Kier molecular flexibility index (Phi) is 4.79. The van der Waals surface area contributed by atoms with Crippen LogP contribution in [0.1, 0.15) is 28.8 Å². The Hall–Kier alpha value is -1.55. The molecule has 0 aliphatic heterocycles. The first-order chi connectivity index (χ1) is 7.65. The number of phenolic OH excluding ortho intramolecular Hbond substituents is 1. The van der Waals surface area contributed by atoms with Gasteiger partial charge >= 0.3 is 0 Å². The maximum atomic E-state index is 11.6. The van der Waals surface area contributed by atoms with Gasteiger partial charge in [0.15, 0.2) is 0 Å². The Morgan fingerprint density at radius 2 is 2.12 bits per heavy atom. The molecule has 0 heterocycles. The highest BCUT2D eigenvalue weighted by atomic mass is 16.3. The Morgan fingerprint density at radius 1 is 1.38 bits per heavy atom. The number of aliphatic hydroxyl groups is 1. The lowest BCUT2D eigenvalue weighted by molar-refractivity contribution is 0.0949. The highest BCUT2D eigenvalue weighted by Gasteiger charge is 2.09. The van der Waals surface area contributed by atoms with Gasteiger partial charge in [0.05, 0.1) is 5.56 Å². The van der Waals surface area contributed by atoms with Crippen LogP contribution < -0.4 is 5.32 Å². The fourth-order valence-electron chi connectivity index (χ4n) is 1.37. The lowest BCUT2D eigenvalue weighted by Crippen LogP contribution is -2.24. The smallest absolute Gasteiger partial charge is 0.255 e. The van der Waals surface area contributed by atoms with Crippen molar-refractivity contribution in [1.29, 1.82) is 0 Å². The Balaban J connectivity index is 2.55. The minimum atomic E-state index is -0.279. The van der Waals surface area contributed by atoms with E-state index in [1.54, 1.807) is 12.1 Å². The molecule has 0 aliphatic carbocycles. The summed E-state index contributed by atoms with van der Waals surface area (Å²) in [6.45, 7) is 2.50. The van der Waals surface area contributed by atoms with Gasteiger partial charge in [0.25, 0.3) is 5.91 Å². The van der Waals surface area contributed by atoms with E-state index in [4.69, 9.17) is 5.11 Å². The van der Waals surface area contributed by atoms with E-state index in [0.717, 1.165) is 12.0 Å². The van der Waals surface area contributed by atoms with Crippen molar-refractivity contribution in [1.82, 2.24) is 5.32 Å². The van der Waals surface area contributed by atoms with Crippen molar-refractivity contribution in [3.8, 4) is 5.75 Å². The summed E-state index contributed by atoms with van der Waals surface area (Å²) in [5, 5.41) is 20.8. The predicted molar refractivity (Wildman–Crippen MR) is 61.5 cm³/mol. The van der Waals surface area contributed by atoms with E-state index in [9.17, 15) is 9.90 Å². The predicted octanol–water partition coefficient (Wildman–Crippen LogP) is 1.20. The molecule has 0 saturated carbocycles. The Morgan fingerprint density at radius 3 is 2.81 bits per heavy atom. The van der Waals surface area contributed by atoms with Gasteiger partial charge in [0, 0.05) is 13.2 Å². The summed E-state index contributed by atoms with van der Waals surface area (Å²) in [6.07, 6.45) is 1.40. The number of aromatic hydroxyl groups is 1. The first-order valence-electron chi connectivity index (χ1n) is 5.34. The van der Waals surface area contributed by atoms with Crippen molar-refractivity contribution in [2.45, 2.75) is 19.8 Å². The molecule has 4 heteroatoms. The highest BCUT2D eigenvalue weighted by molar-refractivity contribution is 5.96. The van der Waals surface area contributed by atoms with Gasteiger partial charge in [-0.25, -0.2) is 0 Å². The Labute approximate surface area is 94.9 Å². The molecular weight excluding hydrogens is 206 g/mol. The molecule has 88 valence electrons. The monoisotopic (exact) mass is 223 g/mol. The average molecular weight is 223 g/mol. The zero-order valence-electron chi connectivity index (χ0n) is 9.36. The minimum Gasteiger partial charge on any atom is -0.507 e. The van der Waals surface area contributed by atoms with E-state index < -0.39 is 0 Å². The van der Waals surface area contributed by atoms with Crippen molar-refractivity contribution < 1.29 is 15.0 Å². The summed E-state index contributed by atoms with van der Waals surface area (Å²) in [6, 6.07) is 4.91. The molecule has 16 heavy (non-hydrogen) atoms. The van der Waals surface area contributed by atoms with E-state index in [2.05, 4.69) is 5.32 Å². The van der Waals surface area contributed by atoms with Crippen molar-refractivity contribution in [2.24, 2.45) is 0 Å². The maximum absolute atomic E-state index is 11.6. The molecule has 0 bridgehead atoms. The zero-order chi connectivity index (χ0) is 12.0. The summed E-state index contributed by atoms with van der Waals surface area (Å²) in [5.41, 5.74) is 1.22. The third-order valence-corrected chi connectivity index (χ3v) is 2.27. The second kappa shape index (κ2) is 6.12. The van der Waals surface area contributed by atoms with Gasteiger partial charge in [0.2, 0.25) is 0 Å². The topological polar surface area (TPSA) is 69.6 Å². The number of rotatable bonds is 5. The van der Waals surface area contributed by atoms with Gasteiger partial charge in [0.1, 0.15) is 5.75 Å². The number of hydrogen-bond acceptors (Lipinski definition) is 3. The summed E-state index contributed by atoms with van der Waals surface area (Å²) in [4.78, 5) is 11.6. The molecule has 0 saturated heterocycles. The molecule has 0 radical (unpaired) electrons. The molecule has 1 aromatic carbocycles. The number of carbonyl (C=O) groups excluding carboxylic acids is 1. The van der Waals surface area contributed by atoms with Gasteiger partial charge in [-0.1, -0.05) is 11.6 Å². The Bertz CT molecular complexity index is 363. The van der Waals surface area contributed by atoms with E-state index in [0.29, 0.717) is 18.5 Å². The van der Waals surface area contributed by atoms with Crippen molar-refractivity contribution in [3.63, 3.8) is 0 Å². The number of benzene rings is 1. The number of aliphatic hydroxyl groups excluding tert-OH is 1. The summed E-state index contributed by atoms with van der Waals surface area (Å²) < 4.78 is 0. The van der Waals surface area contributed by atoms with Crippen LogP contribution in [-0.4, -0.2) is 29.3 Å². The number of carbonyl (C=O) groups is 1. The molecule has 0 unspecified atom stereocenters. The van der Waals surface area contributed by atoms with Crippen LogP contribution in [0.15, 0.2) is 18.2 Å². The second-order valence-corrected chi connectivity index (χ2v) is 3.71. The molecule has 0 aliphatic rings. The van der Waals surface area contributed by atoms with E-state index >= 15 is 0 Å². The molecule has 4 nitrogen and oxygen atoms in total. The van der Waals surface area contributed by atoms with Gasteiger partial charge in [-0.2, -0.15) is 0 Å². The third-order valence-electron chi connectivity index (χ3n) is 2.27.